The Kier molecular flexibility index (Phi) is 2.59. The highest BCUT2D eigenvalue weighted by molar-refractivity contribution is 6.38. The van der Waals surface area contributed by atoms with Crippen LogP contribution in [0.5, 0.6) is 0 Å². The van der Waals surface area contributed by atoms with Crippen molar-refractivity contribution in [2.75, 3.05) is 5.73 Å². The van der Waals surface area contributed by atoms with E-state index in [4.69, 9.17) is 28.9 Å². The number of halogens is 2. The van der Waals surface area contributed by atoms with Crippen molar-refractivity contribution < 1.29 is 0 Å². The molecule has 2 N–H and O–H groups in total. The Bertz CT molecular complexity index is 482. The number of aromatic nitrogens is 2. The summed E-state index contributed by atoms with van der Waals surface area (Å²) in [5.41, 5.74) is 7.85. The summed E-state index contributed by atoms with van der Waals surface area (Å²) in [6, 6.07) is 3.31. The number of benzene rings is 1. The molecule has 0 radical (unpaired) electrons. The van der Waals surface area contributed by atoms with Crippen molar-refractivity contribution >= 4 is 28.9 Å². The molecule has 0 unspecified atom stereocenters. The zero-order valence-corrected chi connectivity index (χ0v) is 9.55. The van der Waals surface area contributed by atoms with Gasteiger partial charge in [-0.3, -0.25) is 0 Å². The predicted molar refractivity (Wildman–Crippen MR) is 62.7 cm³/mol. The van der Waals surface area contributed by atoms with Gasteiger partial charge in [0.1, 0.15) is 5.69 Å². The topological polar surface area (TPSA) is 43.8 Å². The molecule has 2 rings (SSSR count). The van der Waals surface area contributed by atoms with Crippen LogP contribution in [0.25, 0.3) is 5.69 Å². The number of nitrogens with zero attached hydrogens (tertiary/aromatic N) is 2. The molecule has 0 amide bonds. The molecule has 0 saturated carbocycles. The molecule has 0 bridgehead atoms. The lowest BCUT2D eigenvalue weighted by Crippen LogP contribution is -1.98. The van der Waals surface area contributed by atoms with Crippen LogP contribution in [0.1, 0.15) is 5.56 Å². The molecule has 3 nitrogen and oxygen atoms in total. The molecule has 2 aromatic rings. The minimum absolute atomic E-state index is 0.489. The zero-order chi connectivity index (χ0) is 11.0. The molecule has 0 saturated heterocycles. The van der Waals surface area contributed by atoms with Crippen molar-refractivity contribution in [1.29, 1.82) is 0 Å². The Hall–Kier alpha value is -1.19. The maximum Gasteiger partial charge on any atom is 0.102 e. The first-order valence-electron chi connectivity index (χ1n) is 4.34. The van der Waals surface area contributed by atoms with Crippen molar-refractivity contribution in [3.63, 3.8) is 0 Å². The quantitative estimate of drug-likeness (QED) is 0.781. The standard InChI is InChI=1S/C10H9Cl2N3/c1-6-4-14-15(5-6)10-8(11)2-7(13)3-9(10)12/h2-5H,13H2,1H3. The summed E-state index contributed by atoms with van der Waals surface area (Å²) in [5, 5.41) is 5.12. The second kappa shape index (κ2) is 3.76. The lowest BCUT2D eigenvalue weighted by Gasteiger charge is -2.07. The molecular weight excluding hydrogens is 233 g/mol. The number of aryl methyl sites for hydroxylation is 1. The summed E-state index contributed by atoms with van der Waals surface area (Å²) >= 11 is 12.1. The van der Waals surface area contributed by atoms with E-state index < -0.39 is 0 Å². The van der Waals surface area contributed by atoms with Gasteiger partial charge in [0, 0.05) is 11.9 Å². The van der Waals surface area contributed by atoms with Gasteiger partial charge in [-0.15, -0.1) is 0 Å². The third-order valence-corrected chi connectivity index (χ3v) is 2.56. The molecule has 0 spiro atoms. The lowest BCUT2D eigenvalue weighted by atomic mass is 10.3. The molecular formula is C10H9Cl2N3. The van der Waals surface area contributed by atoms with Crippen LogP contribution in [0.4, 0.5) is 5.69 Å². The normalized spacial score (nSPS) is 10.6. The van der Waals surface area contributed by atoms with Crippen LogP contribution >= 0.6 is 23.2 Å². The fraction of sp³-hybridized carbons (Fsp3) is 0.100. The van der Waals surface area contributed by atoms with E-state index in [1.807, 2.05) is 13.1 Å². The van der Waals surface area contributed by atoms with Gasteiger partial charge in [-0.1, -0.05) is 23.2 Å². The van der Waals surface area contributed by atoms with Gasteiger partial charge >= 0.3 is 0 Å². The number of rotatable bonds is 1. The molecule has 0 fully saturated rings. The number of hydrogen-bond acceptors (Lipinski definition) is 2. The molecule has 15 heavy (non-hydrogen) atoms. The Morgan fingerprint density at radius 1 is 1.27 bits per heavy atom. The first-order chi connectivity index (χ1) is 7.08. The summed E-state index contributed by atoms with van der Waals surface area (Å²) < 4.78 is 1.64. The van der Waals surface area contributed by atoms with Crippen molar-refractivity contribution in [2.45, 2.75) is 6.92 Å². The highest BCUT2D eigenvalue weighted by Crippen LogP contribution is 2.30. The smallest absolute Gasteiger partial charge is 0.102 e. The molecule has 0 aliphatic heterocycles. The van der Waals surface area contributed by atoms with E-state index in [-0.39, 0.29) is 0 Å². The third-order valence-electron chi connectivity index (χ3n) is 1.98. The fourth-order valence-electron chi connectivity index (χ4n) is 1.34. The Labute approximate surface area is 97.4 Å². The van der Waals surface area contributed by atoms with E-state index in [0.717, 1.165) is 5.56 Å². The Morgan fingerprint density at radius 3 is 2.33 bits per heavy atom. The van der Waals surface area contributed by atoms with Crippen LogP contribution in [0, 0.1) is 6.92 Å². The number of anilines is 1. The van der Waals surface area contributed by atoms with Crippen LogP contribution in [0.2, 0.25) is 10.0 Å². The van der Waals surface area contributed by atoms with Crippen molar-refractivity contribution in [1.82, 2.24) is 9.78 Å². The average Bonchev–Trinajstić information content (AvgIpc) is 2.49. The van der Waals surface area contributed by atoms with Crippen molar-refractivity contribution in [2.24, 2.45) is 0 Å². The van der Waals surface area contributed by atoms with Gasteiger partial charge in [0.15, 0.2) is 0 Å². The largest absolute Gasteiger partial charge is 0.399 e. The van der Waals surface area contributed by atoms with E-state index in [1.165, 1.54) is 0 Å². The monoisotopic (exact) mass is 241 g/mol. The molecule has 1 aromatic heterocycles. The summed E-state index contributed by atoms with van der Waals surface area (Å²) in [4.78, 5) is 0. The van der Waals surface area contributed by atoms with Crippen LogP contribution < -0.4 is 5.73 Å². The zero-order valence-electron chi connectivity index (χ0n) is 8.04. The number of hydrogen-bond donors (Lipinski definition) is 1. The van der Waals surface area contributed by atoms with E-state index in [1.54, 1.807) is 23.0 Å². The van der Waals surface area contributed by atoms with Crippen LogP contribution in [-0.2, 0) is 0 Å². The van der Waals surface area contributed by atoms with Gasteiger partial charge in [0.25, 0.3) is 0 Å². The molecule has 78 valence electrons. The van der Waals surface area contributed by atoms with Gasteiger partial charge in [0.2, 0.25) is 0 Å². The van der Waals surface area contributed by atoms with E-state index >= 15 is 0 Å². The van der Waals surface area contributed by atoms with Crippen LogP contribution in [0.3, 0.4) is 0 Å². The summed E-state index contributed by atoms with van der Waals surface area (Å²) in [6.45, 7) is 1.95. The van der Waals surface area contributed by atoms with Gasteiger partial charge in [-0.2, -0.15) is 5.10 Å². The lowest BCUT2D eigenvalue weighted by molar-refractivity contribution is 0.881. The van der Waals surface area contributed by atoms with Gasteiger partial charge in [0.05, 0.1) is 16.2 Å². The van der Waals surface area contributed by atoms with Gasteiger partial charge < -0.3 is 5.73 Å². The van der Waals surface area contributed by atoms with Crippen molar-refractivity contribution in [3.05, 3.63) is 40.1 Å². The highest BCUT2D eigenvalue weighted by atomic mass is 35.5. The summed E-state index contributed by atoms with van der Waals surface area (Å²) in [7, 11) is 0. The first-order valence-corrected chi connectivity index (χ1v) is 5.09. The first kappa shape index (κ1) is 10.3. The van der Waals surface area contributed by atoms with E-state index in [2.05, 4.69) is 5.10 Å². The van der Waals surface area contributed by atoms with Crippen molar-refractivity contribution in [3.8, 4) is 5.69 Å². The minimum atomic E-state index is 0.489. The Balaban J connectivity index is 2.62. The second-order valence-corrected chi connectivity index (χ2v) is 4.11. The number of nitrogen functional groups attached to an aromatic ring is 1. The predicted octanol–water partition coefficient (Wildman–Crippen LogP) is 3.07. The second-order valence-electron chi connectivity index (χ2n) is 3.30. The van der Waals surface area contributed by atoms with E-state index in [9.17, 15) is 0 Å². The van der Waals surface area contributed by atoms with Gasteiger partial charge in [-0.25, -0.2) is 4.68 Å². The van der Waals surface area contributed by atoms with Crippen LogP contribution in [-0.4, -0.2) is 9.78 Å². The maximum absolute atomic E-state index is 6.05. The Morgan fingerprint density at radius 2 is 1.87 bits per heavy atom. The summed E-state index contributed by atoms with van der Waals surface area (Å²) in [5.74, 6) is 0. The molecule has 1 heterocycles. The van der Waals surface area contributed by atoms with Gasteiger partial charge in [-0.05, 0) is 24.6 Å². The molecule has 0 aliphatic rings. The minimum Gasteiger partial charge on any atom is -0.399 e. The van der Waals surface area contributed by atoms with Crippen LogP contribution in [0.15, 0.2) is 24.5 Å². The van der Waals surface area contributed by atoms with E-state index in [0.29, 0.717) is 21.4 Å². The molecule has 0 aliphatic carbocycles. The maximum atomic E-state index is 6.05. The number of nitrogens with two attached hydrogens (primary N) is 1. The fourth-order valence-corrected chi connectivity index (χ4v) is 2.02. The molecule has 5 heteroatoms. The SMILES string of the molecule is Cc1cnn(-c2c(Cl)cc(N)cc2Cl)c1. The average molecular weight is 242 g/mol. The molecule has 1 aromatic carbocycles. The molecule has 0 atom stereocenters. The third kappa shape index (κ3) is 1.94. The highest BCUT2D eigenvalue weighted by Gasteiger charge is 2.10. The summed E-state index contributed by atoms with van der Waals surface area (Å²) in [6.07, 6.45) is 3.59.